The van der Waals surface area contributed by atoms with E-state index in [0.29, 0.717) is 23.6 Å². The monoisotopic (exact) mass is 252 g/mol. The number of carbonyl (C=O) groups is 1. The average molecular weight is 252 g/mol. The van der Waals surface area contributed by atoms with Gasteiger partial charge in [0.05, 0.1) is 19.9 Å². The van der Waals surface area contributed by atoms with Gasteiger partial charge in [-0.15, -0.1) is 0 Å². The third-order valence-corrected chi connectivity index (χ3v) is 2.46. The summed E-state index contributed by atoms with van der Waals surface area (Å²) < 4.78 is 10.6. The van der Waals surface area contributed by atoms with E-state index >= 15 is 0 Å². The van der Waals surface area contributed by atoms with Crippen molar-refractivity contribution in [2.45, 2.75) is 26.3 Å². The Kier molecular flexibility index (Phi) is 4.97. The molecule has 0 saturated heterocycles. The molecule has 5 nitrogen and oxygen atoms in total. The van der Waals surface area contributed by atoms with E-state index in [1.165, 1.54) is 6.92 Å². The van der Waals surface area contributed by atoms with Crippen LogP contribution < -0.4 is 20.5 Å². The summed E-state index contributed by atoms with van der Waals surface area (Å²) in [5.74, 6) is 1.13. The molecule has 1 rings (SSSR count). The number of nitrogens with one attached hydrogen (secondary N) is 1. The molecule has 0 aliphatic rings. The van der Waals surface area contributed by atoms with Crippen LogP contribution in [-0.4, -0.2) is 26.2 Å². The number of nitrogens with two attached hydrogens (primary N) is 1. The van der Waals surface area contributed by atoms with Gasteiger partial charge in [-0.1, -0.05) is 0 Å². The number of rotatable bonds is 5. The van der Waals surface area contributed by atoms with E-state index in [2.05, 4.69) is 5.32 Å². The van der Waals surface area contributed by atoms with Crippen molar-refractivity contribution in [2.24, 2.45) is 5.73 Å². The van der Waals surface area contributed by atoms with Crippen LogP contribution in [-0.2, 0) is 11.2 Å². The maximum Gasteiger partial charge on any atom is 0.221 e. The van der Waals surface area contributed by atoms with Gasteiger partial charge in [-0.2, -0.15) is 0 Å². The Hall–Kier alpha value is -1.75. The zero-order valence-corrected chi connectivity index (χ0v) is 11.2. The molecule has 0 aliphatic heterocycles. The molecule has 1 aromatic rings. The minimum atomic E-state index is -0.157. The summed E-state index contributed by atoms with van der Waals surface area (Å²) in [6.45, 7) is 3.37. The molecule has 18 heavy (non-hydrogen) atoms. The van der Waals surface area contributed by atoms with Gasteiger partial charge in [0.25, 0.3) is 0 Å². The molecule has 0 spiro atoms. The number of anilines is 1. The maximum atomic E-state index is 11.1. The van der Waals surface area contributed by atoms with E-state index in [0.717, 1.165) is 5.56 Å². The van der Waals surface area contributed by atoms with Gasteiger partial charge >= 0.3 is 0 Å². The number of benzene rings is 1. The van der Waals surface area contributed by atoms with Gasteiger partial charge in [-0.25, -0.2) is 0 Å². The number of hydrogen-bond acceptors (Lipinski definition) is 4. The van der Waals surface area contributed by atoms with Gasteiger partial charge in [-0.05, 0) is 25.0 Å². The molecule has 0 fully saturated rings. The highest BCUT2D eigenvalue weighted by molar-refractivity contribution is 5.90. The fraction of sp³-hybridized carbons (Fsp3) is 0.462. The Bertz CT molecular complexity index is 430. The van der Waals surface area contributed by atoms with Crippen molar-refractivity contribution in [3.8, 4) is 11.5 Å². The van der Waals surface area contributed by atoms with Crippen molar-refractivity contribution in [3.05, 3.63) is 17.7 Å². The minimum absolute atomic E-state index is 0.0234. The van der Waals surface area contributed by atoms with Gasteiger partial charge in [-0.3, -0.25) is 4.79 Å². The molecular weight excluding hydrogens is 232 g/mol. The summed E-state index contributed by atoms with van der Waals surface area (Å²) in [6.07, 6.45) is 0.680. The lowest BCUT2D eigenvalue weighted by molar-refractivity contribution is -0.114. The third kappa shape index (κ3) is 3.63. The van der Waals surface area contributed by atoms with Crippen LogP contribution in [0.15, 0.2) is 12.1 Å². The molecule has 0 radical (unpaired) electrons. The van der Waals surface area contributed by atoms with Crippen LogP contribution in [0.1, 0.15) is 19.4 Å². The molecule has 100 valence electrons. The van der Waals surface area contributed by atoms with Crippen molar-refractivity contribution >= 4 is 11.6 Å². The summed E-state index contributed by atoms with van der Waals surface area (Å²) in [4.78, 5) is 11.1. The summed E-state index contributed by atoms with van der Waals surface area (Å²) in [5.41, 5.74) is 7.34. The number of carbonyl (C=O) groups excluding carboxylic acids is 1. The molecule has 1 aromatic carbocycles. The second-order valence-electron chi connectivity index (χ2n) is 4.23. The average Bonchev–Trinajstić information content (AvgIpc) is 2.29. The summed E-state index contributed by atoms with van der Waals surface area (Å²) >= 11 is 0. The number of ether oxygens (including phenoxy) is 2. The Labute approximate surface area is 107 Å². The lowest BCUT2D eigenvalue weighted by Crippen LogP contribution is -2.18. The first-order valence-corrected chi connectivity index (χ1v) is 5.76. The van der Waals surface area contributed by atoms with Gasteiger partial charge in [0.1, 0.15) is 11.5 Å². The highest BCUT2D eigenvalue weighted by Gasteiger charge is 2.13. The Balaban J connectivity index is 3.18. The first-order chi connectivity index (χ1) is 8.47. The largest absolute Gasteiger partial charge is 0.496 e. The van der Waals surface area contributed by atoms with Crippen LogP contribution in [0.2, 0.25) is 0 Å². The molecule has 5 heteroatoms. The lowest BCUT2D eigenvalue weighted by atomic mass is 10.0. The standard InChI is InChI=1S/C13H20N2O3/c1-8(14)5-10-6-13(18-4)11(15-9(2)16)7-12(10)17-3/h6-8H,5,14H2,1-4H3,(H,15,16)/t8-/m1/s1. The van der Waals surface area contributed by atoms with Gasteiger partial charge in [0.15, 0.2) is 0 Å². The van der Waals surface area contributed by atoms with E-state index in [1.54, 1.807) is 20.3 Å². The topological polar surface area (TPSA) is 73.6 Å². The van der Waals surface area contributed by atoms with Crippen molar-refractivity contribution in [1.29, 1.82) is 0 Å². The van der Waals surface area contributed by atoms with Crippen molar-refractivity contribution in [3.63, 3.8) is 0 Å². The Morgan fingerprint density at radius 3 is 2.39 bits per heavy atom. The molecule has 3 N–H and O–H groups in total. The predicted molar refractivity (Wildman–Crippen MR) is 71.2 cm³/mol. The van der Waals surface area contributed by atoms with Crippen LogP contribution in [0.5, 0.6) is 11.5 Å². The smallest absolute Gasteiger partial charge is 0.221 e. The zero-order valence-electron chi connectivity index (χ0n) is 11.2. The molecular formula is C13H20N2O3. The Morgan fingerprint density at radius 2 is 1.94 bits per heavy atom. The second kappa shape index (κ2) is 6.26. The summed E-state index contributed by atoms with van der Waals surface area (Å²) in [7, 11) is 3.15. The molecule has 0 heterocycles. The summed E-state index contributed by atoms with van der Waals surface area (Å²) in [6, 6.07) is 3.61. The molecule has 0 saturated carbocycles. The van der Waals surface area contributed by atoms with Crippen molar-refractivity contribution < 1.29 is 14.3 Å². The second-order valence-corrected chi connectivity index (χ2v) is 4.23. The number of hydrogen-bond donors (Lipinski definition) is 2. The normalized spacial score (nSPS) is 11.8. The third-order valence-electron chi connectivity index (χ3n) is 2.46. The van der Waals surface area contributed by atoms with Gasteiger partial charge in [0.2, 0.25) is 5.91 Å². The van der Waals surface area contributed by atoms with Crippen LogP contribution in [0.3, 0.4) is 0 Å². The van der Waals surface area contributed by atoms with E-state index < -0.39 is 0 Å². The van der Waals surface area contributed by atoms with Gasteiger partial charge < -0.3 is 20.5 Å². The minimum Gasteiger partial charge on any atom is -0.496 e. The molecule has 1 amide bonds. The molecule has 1 atom stereocenters. The number of methoxy groups -OCH3 is 2. The van der Waals surface area contributed by atoms with Crippen LogP contribution in [0.25, 0.3) is 0 Å². The fourth-order valence-electron chi connectivity index (χ4n) is 1.75. The first kappa shape index (κ1) is 14.3. The fourth-order valence-corrected chi connectivity index (χ4v) is 1.75. The van der Waals surface area contributed by atoms with Crippen molar-refractivity contribution in [2.75, 3.05) is 19.5 Å². The Morgan fingerprint density at radius 1 is 1.33 bits per heavy atom. The van der Waals surface area contributed by atoms with Crippen LogP contribution in [0, 0.1) is 0 Å². The lowest BCUT2D eigenvalue weighted by Gasteiger charge is -2.16. The van der Waals surface area contributed by atoms with E-state index in [4.69, 9.17) is 15.2 Å². The van der Waals surface area contributed by atoms with Crippen LogP contribution in [0.4, 0.5) is 5.69 Å². The van der Waals surface area contributed by atoms with E-state index in [9.17, 15) is 4.79 Å². The first-order valence-electron chi connectivity index (χ1n) is 5.76. The number of amides is 1. The highest BCUT2D eigenvalue weighted by Crippen LogP contribution is 2.33. The van der Waals surface area contributed by atoms with Crippen LogP contribution >= 0.6 is 0 Å². The quantitative estimate of drug-likeness (QED) is 0.834. The molecule has 0 unspecified atom stereocenters. The molecule has 0 aromatic heterocycles. The van der Waals surface area contributed by atoms with E-state index in [-0.39, 0.29) is 11.9 Å². The molecule has 0 bridgehead atoms. The predicted octanol–water partition coefficient (Wildman–Crippen LogP) is 1.55. The SMILES string of the molecule is COc1cc(NC(C)=O)c(OC)cc1C[C@@H](C)N. The van der Waals surface area contributed by atoms with Crippen molar-refractivity contribution in [1.82, 2.24) is 0 Å². The van der Waals surface area contributed by atoms with Gasteiger partial charge in [0, 0.05) is 19.0 Å². The zero-order chi connectivity index (χ0) is 13.7. The summed E-state index contributed by atoms with van der Waals surface area (Å²) in [5, 5.41) is 2.70. The maximum absolute atomic E-state index is 11.1. The van der Waals surface area contributed by atoms with E-state index in [1.807, 2.05) is 13.0 Å². The molecule has 0 aliphatic carbocycles. The highest BCUT2D eigenvalue weighted by atomic mass is 16.5.